The van der Waals surface area contributed by atoms with Crippen LogP contribution in [-0.2, 0) is 14.4 Å². The summed E-state index contributed by atoms with van der Waals surface area (Å²) in [5, 5.41) is 32.3. The van der Waals surface area contributed by atoms with Gasteiger partial charge >= 0.3 is 0 Å². The van der Waals surface area contributed by atoms with E-state index in [0.29, 0.717) is 29.6 Å². The van der Waals surface area contributed by atoms with E-state index in [-0.39, 0.29) is 61.2 Å². The maximum atomic E-state index is 14.4. The predicted molar refractivity (Wildman–Crippen MR) is 278 cm³/mol. The molecule has 2 aliphatic heterocycles. The van der Waals surface area contributed by atoms with E-state index in [9.17, 15) is 19.5 Å². The molecular weight excluding hydrogens is 970 g/mol. The number of thiophene rings is 1. The molecule has 0 spiro atoms. The number of nitrogens with one attached hydrogen (secondary N) is 2. The molecule has 19 heteroatoms. The monoisotopic (exact) mass is 1030 g/mol. The lowest BCUT2D eigenvalue weighted by Crippen LogP contribution is -2.49. The number of hydrogen-bond donors (Lipinski definition) is 3. The summed E-state index contributed by atoms with van der Waals surface area (Å²) in [6.45, 7) is 13.9. The van der Waals surface area contributed by atoms with Crippen molar-refractivity contribution < 1.29 is 24.2 Å². The number of halogens is 1. The second-order valence-corrected chi connectivity index (χ2v) is 21.9. The number of amides is 3. The molecule has 1 aliphatic carbocycles. The molecule has 3 N–H and O–H groups in total. The van der Waals surface area contributed by atoms with Crippen LogP contribution in [0, 0.1) is 33.6 Å². The lowest BCUT2D eigenvalue weighted by Gasteiger charge is -2.35. The fourth-order valence-electron chi connectivity index (χ4n) is 9.91. The van der Waals surface area contributed by atoms with Crippen LogP contribution in [0.15, 0.2) is 89.8 Å². The molecule has 5 aromatic heterocycles. The maximum absolute atomic E-state index is 14.4. The number of thiazole rings is 1. The number of hydrogen-bond acceptors (Lipinski definition) is 13. The van der Waals surface area contributed by atoms with Gasteiger partial charge in [-0.05, 0) is 81.0 Å². The Morgan fingerprint density at radius 1 is 0.917 bits per heavy atom. The number of fused-ring (bicyclic) bond motifs is 3. The molecule has 1 saturated carbocycles. The number of benzene rings is 2. The standard InChI is InChI=1S/C53H56ClN11O5S2/c1-27(2)48(52(69)63-25-40(66)21-43(63)51(68)58-29(4)33-8-10-35(11-9-33)49-30(5)56-26-71-49)64-24-37(23-57-64)36-16-17-55-45(18-36)70-41-19-39(20-41)59-44(67)22-42-50-62-61-32(7)65(50)53-46(28(3)31(6)72-53)47(60-42)34-12-14-38(54)15-13-34/h8-18,23-24,26-27,29,39-43,48,66H,19-22,25H2,1-7H3,(H,58,68)(H,59,67)/t29-,39?,40+,41?,42-,43-,48?/m0/s1. The van der Waals surface area contributed by atoms with Crippen molar-refractivity contribution >= 4 is 57.7 Å². The molecule has 1 saturated heterocycles. The Balaban J connectivity index is 0.762. The van der Waals surface area contributed by atoms with Crippen molar-refractivity contribution in [2.45, 2.75) is 117 Å². The van der Waals surface area contributed by atoms with E-state index in [1.54, 1.807) is 39.7 Å². The highest BCUT2D eigenvalue weighted by atomic mass is 35.5. The topological polar surface area (TPSA) is 195 Å². The zero-order valence-electron chi connectivity index (χ0n) is 41.0. The third-order valence-corrected chi connectivity index (χ3v) is 16.4. The molecule has 3 amide bonds. The number of aromatic nitrogens is 7. The Labute approximate surface area is 430 Å². The molecule has 5 atom stereocenters. The van der Waals surface area contributed by atoms with Gasteiger partial charge < -0.3 is 25.4 Å². The average Bonchev–Trinajstić information content (AvgIpc) is 4.19. The van der Waals surface area contributed by atoms with Gasteiger partial charge in [0.1, 0.15) is 35.1 Å². The van der Waals surface area contributed by atoms with Gasteiger partial charge in [-0.1, -0.05) is 61.8 Å². The van der Waals surface area contributed by atoms with Gasteiger partial charge in [-0.25, -0.2) is 9.97 Å². The zero-order chi connectivity index (χ0) is 50.5. The van der Waals surface area contributed by atoms with Crippen LogP contribution >= 0.6 is 34.3 Å². The van der Waals surface area contributed by atoms with Gasteiger partial charge in [0.05, 0.1) is 46.6 Å². The fourth-order valence-corrected chi connectivity index (χ4v) is 12.1. The van der Waals surface area contributed by atoms with Gasteiger partial charge in [0.2, 0.25) is 23.6 Å². The molecule has 372 valence electrons. The first-order valence-electron chi connectivity index (χ1n) is 24.2. The summed E-state index contributed by atoms with van der Waals surface area (Å²) in [7, 11) is 0. The Hall–Kier alpha value is -6.60. The Morgan fingerprint density at radius 2 is 1.67 bits per heavy atom. The molecule has 7 heterocycles. The van der Waals surface area contributed by atoms with Gasteiger partial charge in [-0.15, -0.1) is 32.9 Å². The van der Waals surface area contributed by atoms with Crippen LogP contribution in [0.2, 0.25) is 5.02 Å². The molecule has 16 nitrogen and oxygen atoms in total. The maximum Gasteiger partial charge on any atom is 0.248 e. The van der Waals surface area contributed by atoms with Crippen molar-refractivity contribution in [3.05, 3.63) is 134 Å². The number of aliphatic hydroxyl groups excluding tert-OH is 1. The second-order valence-electron chi connectivity index (χ2n) is 19.4. The highest BCUT2D eigenvalue weighted by Gasteiger charge is 2.43. The third-order valence-electron chi connectivity index (χ3n) is 14.0. The predicted octanol–water partition coefficient (Wildman–Crippen LogP) is 8.64. The number of pyridine rings is 1. The van der Waals surface area contributed by atoms with Crippen LogP contribution in [-0.4, -0.2) is 98.8 Å². The first-order chi connectivity index (χ1) is 34.6. The van der Waals surface area contributed by atoms with Gasteiger partial charge in [-0.3, -0.25) is 28.6 Å². The largest absolute Gasteiger partial charge is 0.474 e. The molecule has 3 aliphatic rings. The Morgan fingerprint density at radius 3 is 2.39 bits per heavy atom. The SMILES string of the molecule is Cc1ncsc1-c1ccc([C@H](C)NC(=O)[C@@H]2C[C@@H](O)CN2C(=O)C(C(C)C)n2cc(-c3ccnc(OC4CC(NC(=O)C[C@@H]5N=C(c6ccc(Cl)cc6)c6c(sc(C)c6C)-n6c(C)nnc65)C4)c3)cn2)cc1. The van der Waals surface area contributed by atoms with Crippen LogP contribution in [0.1, 0.15) is 109 Å². The third kappa shape index (κ3) is 9.72. The number of rotatable bonds is 14. The van der Waals surface area contributed by atoms with Crippen molar-refractivity contribution in [1.29, 1.82) is 0 Å². The van der Waals surface area contributed by atoms with E-state index >= 15 is 0 Å². The highest BCUT2D eigenvalue weighted by Crippen LogP contribution is 2.40. The molecule has 7 aromatic rings. The van der Waals surface area contributed by atoms with Crippen molar-refractivity contribution in [1.82, 2.24) is 50.0 Å². The zero-order valence-corrected chi connectivity index (χ0v) is 43.4. The van der Waals surface area contributed by atoms with E-state index in [2.05, 4.69) is 49.7 Å². The van der Waals surface area contributed by atoms with E-state index in [4.69, 9.17) is 21.3 Å². The average molecular weight is 1030 g/mol. The minimum Gasteiger partial charge on any atom is -0.474 e. The first kappa shape index (κ1) is 49.0. The normalized spacial score (nSPS) is 20.2. The molecule has 72 heavy (non-hydrogen) atoms. The Kier molecular flexibility index (Phi) is 13.7. The van der Waals surface area contributed by atoms with E-state index in [0.717, 1.165) is 66.1 Å². The summed E-state index contributed by atoms with van der Waals surface area (Å²) >= 11 is 9.54. The van der Waals surface area contributed by atoms with Crippen LogP contribution in [0.25, 0.3) is 26.6 Å². The van der Waals surface area contributed by atoms with Crippen LogP contribution in [0.5, 0.6) is 5.88 Å². The van der Waals surface area contributed by atoms with Gasteiger partial charge in [-0.2, -0.15) is 5.10 Å². The molecule has 0 radical (unpaired) electrons. The van der Waals surface area contributed by atoms with Crippen molar-refractivity contribution in [2.75, 3.05) is 6.54 Å². The minimum atomic E-state index is -0.842. The number of nitrogens with zero attached hydrogens (tertiary/aromatic N) is 9. The van der Waals surface area contributed by atoms with Crippen molar-refractivity contribution in [3.8, 4) is 32.4 Å². The van der Waals surface area contributed by atoms with E-state index < -0.39 is 24.2 Å². The summed E-state index contributed by atoms with van der Waals surface area (Å²) in [5.74, 6) is 0.851. The first-order valence-corrected chi connectivity index (χ1v) is 26.3. The van der Waals surface area contributed by atoms with Gasteiger partial charge in [0.15, 0.2) is 5.82 Å². The number of carbonyl (C=O) groups is 3. The summed E-state index contributed by atoms with van der Waals surface area (Å²) in [6, 6.07) is 16.8. The number of carbonyl (C=O) groups excluding carboxylic acids is 3. The molecule has 2 aromatic carbocycles. The van der Waals surface area contributed by atoms with Crippen LogP contribution < -0.4 is 15.4 Å². The molecule has 0 bridgehead atoms. The number of likely N-dealkylation sites (tertiary alicyclic amines) is 1. The van der Waals surface area contributed by atoms with Crippen LogP contribution in [0.4, 0.5) is 0 Å². The van der Waals surface area contributed by atoms with E-state index in [1.807, 2.05) is 112 Å². The van der Waals surface area contributed by atoms with E-state index in [1.165, 1.54) is 9.78 Å². The highest BCUT2D eigenvalue weighted by molar-refractivity contribution is 7.15. The minimum absolute atomic E-state index is 0.0447. The number of aryl methyl sites for hydroxylation is 3. The lowest BCUT2D eigenvalue weighted by atomic mass is 9.89. The van der Waals surface area contributed by atoms with Crippen LogP contribution in [0.3, 0.4) is 0 Å². The molecule has 2 fully saturated rings. The molecular formula is C53H56ClN11O5S2. The lowest BCUT2D eigenvalue weighted by molar-refractivity contribution is -0.142. The van der Waals surface area contributed by atoms with Crippen molar-refractivity contribution in [3.63, 3.8) is 0 Å². The summed E-state index contributed by atoms with van der Waals surface area (Å²) < 4.78 is 10.00. The second kappa shape index (κ2) is 20.1. The van der Waals surface area contributed by atoms with Crippen molar-refractivity contribution in [2.24, 2.45) is 10.9 Å². The van der Waals surface area contributed by atoms with Gasteiger partial charge in [0, 0.05) is 76.9 Å². The molecule has 1 unspecified atom stereocenters. The number of β-amino-alcohol motifs (C(OH)–C–C–N with tert-alkyl or cyclic N) is 1. The summed E-state index contributed by atoms with van der Waals surface area (Å²) in [5.41, 5.74) is 10.2. The number of aliphatic imine (C=N–C) groups is 1. The summed E-state index contributed by atoms with van der Waals surface area (Å²) in [4.78, 5) is 59.9. The number of ether oxygens (including phenoxy) is 1. The quantitative estimate of drug-likeness (QED) is 0.0949. The molecule has 10 rings (SSSR count). The summed E-state index contributed by atoms with van der Waals surface area (Å²) in [6.07, 6.45) is 5.63. The van der Waals surface area contributed by atoms with Gasteiger partial charge in [0.25, 0.3) is 0 Å². The fraction of sp³-hybridized carbons (Fsp3) is 0.377. The Bertz CT molecular complexity index is 3190. The number of aliphatic hydroxyl groups is 1. The smallest absolute Gasteiger partial charge is 0.248 e.